The van der Waals surface area contributed by atoms with Gasteiger partial charge in [-0.3, -0.25) is 4.99 Å². The third kappa shape index (κ3) is 8.88. The van der Waals surface area contributed by atoms with Gasteiger partial charge in [0.05, 0.1) is 0 Å². The predicted molar refractivity (Wildman–Crippen MR) is 107 cm³/mol. The zero-order valence-electron chi connectivity index (χ0n) is 16.6. The van der Waals surface area contributed by atoms with E-state index in [9.17, 15) is 0 Å². The minimum atomic E-state index is 0.923. The maximum absolute atomic E-state index is 4.74. The highest BCUT2D eigenvalue weighted by atomic mass is 15.2. The van der Waals surface area contributed by atoms with Crippen LogP contribution in [0.3, 0.4) is 0 Å². The minimum Gasteiger partial charge on any atom is -0.357 e. The third-order valence-corrected chi connectivity index (χ3v) is 5.26. The van der Waals surface area contributed by atoms with Crippen LogP contribution in [0.5, 0.6) is 0 Å². The summed E-state index contributed by atoms with van der Waals surface area (Å²) in [6.45, 7) is 14.7. The van der Waals surface area contributed by atoms with Crippen molar-refractivity contribution in [3.63, 3.8) is 0 Å². The van der Waals surface area contributed by atoms with Gasteiger partial charge in [-0.25, -0.2) is 0 Å². The number of piperidine rings is 1. The van der Waals surface area contributed by atoms with Gasteiger partial charge in [-0.1, -0.05) is 6.42 Å². The maximum atomic E-state index is 4.74. The molecular formula is C19H40N6. The average Bonchev–Trinajstić information content (AvgIpc) is 2.64. The quantitative estimate of drug-likeness (QED) is 0.369. The van der Waals surface area contributed by atoms with E-state index in [0.717, 1.165) is 32.1 Å². The van der Waals surface area contributed by atoms with E-state index in [1.807, 2.05) is 0 Å². The Morgan fingerprint density at radius 3 is 2.28 bits per heavy atom. The highest BCUT2D eigenvalue weighted by Crippen LogP contribution is 2.07. The van der Waals surface area contributed by atoms with Crippen LogP contribution in [0.15, 0.2) is 4.99 Å². The van der Waals surface area contributed by atoms with Gasteiger partial charge in [0.2, 0.25) is 0 Å². The first kappa shape index (κ1) is 20.5. The number of rotatable bonds is 9. The summed E-state index contributed by atoms with van der Waals surface area (Å²) in [6, 6.07) is 0. The number of nitrogens with one attached hydrogen (secondary N) is 2. The van der Waals surface area contributed by atoms with Crippen molar-refractivity contribution in [1.82, 2.24) is 25.3 Å². The zero-order valence-corrected chi connectivity index (χ0v) is 16.6. The van der Waals surface area contributed by atoms with Gasteiger partial charge in [0.1, 0.15) is 0 Å². The first-order valence-electron chi connectivity index (χ1n) is 10.4. The van der Waals surface area contributed by atoms with Gasteiger partial charge >= 0.3 is 0 Å². The highest BCUT2D eigenvalue weighted by Gasteiger charge is 2.12. The van der Waals surface area contributed by atoms with Crippen molar-refractivity contribution >= 4 is 5.96 Å². The third-order valence-electron chi connectivity index (χ3n) is 5.26. The van der Waals surface area contributed by atoms with Crippen molar-refractivity contribution in [3.05, 3.63) is 0 Å². The molecule has 0 unspecified atom stereocenters. The van der Waals surface area contributed by atoms with Crippen LogP contribution in [0.1, 0.15) is 39.0 Å². The topological polar surface area (TPSA) is 46.1 Å². The largest absolute Gasteiger partial charge is 0.357 e. The van der Waals surface area contributed by atoms with Gasteiger partial charge in [0.25, 0.3) is 0 Å². The smallest absolute Gasteiger partial charge is 0.191 e. The van der Waals surface area contributed by atoms with Crippen LogP contribution in [-0.2, 0) is 0 Å². The molecule has 25 heavy (non-hydrogen) atoms. The molecule has 2 aliphatic rings. The van der Waals surface area contributed by atoms with Gasteiger partial charge in [-0.05, 0) is 59.3 Å². The summed E-state index contributed by atoms with van der Waals surface area (Å²) in [7, 11) is 2.21. The van der Waals surface area contributed by atoms with E-state index in [0.29, 0.717) is 0 Å². The lowest BCUT2D eigenvalue weighted by molar-refractivity contribution is 0.152. The molecule has 2 heterocycles. The van der Waals surface area contributed by atoms with E-state index in [2.05, 4.69) is 39.3 Å². The number of likely N-dealkylation sites (tertiary alicyclic amines) is 1. The molecule has 0 bridgehead atoms. The Balaban J connectivity index is 1.55. The van der Waals surface area contributed by atoms with Crippen molar-refractivity contribution < 1.29 is 0 Å². The van der Waals surface area contributed by atoms with E-state index in [1.165, 1.54) is 77.9 Å². The minimum absolute atomic E-state index is 0.923. The zero-order chi connectivity index (χ0) is 17.7. The summed E-state index contributed by atoms with van der Waals surface area (Å²) >= 11 is 0. The SMILES string of the molecule is CCNC(=NCCCCN1CCN(C)CC1)NCCN1CCCCC1. The lowest BCUT2D eigenvalue weighted by Gasteiger charge is -2.32. The van der Waals surface area contributed by atoms with E-state index in [1.54, 1.807) is 0 Å². The molecule has 0 saturated carbocycles. The number of hydrogen-bond acceptors (Lipinski definition) is 4. The Morgan fingerprint density at radius 2 is 1.56 bits per heavy atom. The van der Waals surface area contributed by atoms with Crippen molar-refractivity contribution in [2.45, 2.75) is 39.0 Å². The van der Waals surface area contributed by atoms with Gasteiger partial charge in [-0.15, -0.1) is 0 Å². The molecule has 0 atom stereocenters. The number of unbranched alkanes of at least 4 members (excludes halogenated alkanes) is 1. The van der Waals surface area contributed by atoms with E-state index >= 15 is 0 Å². The molecule has 0 spiro atoms. The fraction of sp³-hybridized carbons (Fsp3) is 0.947. The normalized spacial score (nSPS) is 21.4. The average molecular weight is 353 g/mol. The summed E-state index contributed by atoms with van der Waals surface area (Å²) in [5, 5.41) is 6.86. The molecule has 2 aliphatic heterocycles. The number of guanidine groups is 1. The lowest BCUT2D eigenvalue weighted by atomic mass is 10.1. The number of likely N-dealkylation sites (N-methyl/N-ethyl adjacent to an activating group) is 1. The first-order chi connectivity index (χ1) is 12.3. The number of aliphatic imine (C=N–C) groups is 1. The molecule has 146 valence electrons. The Labute approximate surface area is 155 Å². The summed E-state index contributed by atoms with van der Waals surface area (Å²) < 4.78 is 0. The van der Waals surface area contributed by atoms with Gasteiger partial charge in [0.15, 0.2) is 5.96 Å². The summed E-state index contributed by atoms with van der Waals surface area (Å²) in [5.41, 5.74) is 0. The second-order valence-electron chi connectivity index (χ2n) is 7.44. The molecule has 0 radical (unpaired) electrons. The maximum Gasteiger partial charge on any atom is 0.191 e. The second kappa shape index (κ2) is 12.5. The molecule has 0 aromatic heterocycles. The number of hydrogen-bond donors (Lipinski definition) is 2. The van der Waals surface area contributed by atoms with Crippen molar-refractivity contribution in [2.75, 3.05) is 79.0 Å². The fourth-order valence-corrected chi connectivity index (χ4v) is 3.57. The van der Waals surface area contributed by atoms with Crippen molar-refractivity contribution in [1.29, 1.82) is 0 Å². The monoisotopic (exact) mass is 352 g/mol. The van der Waals surface area contributed by atoms with Crippen molar-refractivity contribution in [2.24, 2.45) is 4.99 Å². The standard InChI is InChI=1S/C19H40N6/c1-3-20-19(22-10-14-24-11-6-4-7-12-24)21-9-5-8-13-25-17-15-23(2)16-18-25/h3-18H2,1-2H3,(H2,20,21,22). The molecule has 2 N–H and O–H groups in total. The predicted octanol–water partition coefficient (Wildman–Crippen LogP) is 1.06. The van der Waals surface area contributed by atoms with Crippen LogP contribution in [0.2, 0.25) is 0 Å². The summed E-state index contributed by atoms with van der Waals surface area (Å²) in [6.07, 6.45) is 6.56. The fourth-order valence-electron chi connectivity index (χ4n) is 3.57. The molecule has 6 heteroatoms. The van der Waals surface area contributed by atoms with E-state index in [4.69, 9.17) is 4.99 Å². The van der Waals surface area contributed by atoms with Crippen LogP contribution in [0, 0.1) is 0 Å². The van der Waals surface area contributed by atoms with Crippen LogP contribution in [0.4, 0.5) is 0 Å². The molecule has 2 saturated heterocycles. The lowest BCUT2D eigenvalue weighted by Crippen LogP contribution is -2.44. The molecule has 0 aromatic carbocycles. The van der Waals surface area contributed by atoms with Crippen LogP contribution < -0.4 is 10.6 Å². The van der Waals surface area contributed by atoms with Gasteiger partial charge in [0, 0.05) is 52.4 Å². The Bertz CT molecular complexity index is 359. The Morgan fingerprint density at radius 1 is 0.840 bits per heavy atom. The van der Waals surface area contributed by atoms with E-state index < -0.39 is 0 Å². The van der Waals surface area contributed by atoms with Crippen LogP contribution in [-0.4, -0.2) is 99.7 Å². The van der Waals surface area contributed by atoms with Crippen LogP contribution in [0.25, 0.3) is 0 Å². The van der Waals surface area contributed by atoms with Crippen molar-refractivity contribution in [3.8, 4) is 0 Å². The Hall–Kier alpha value is -0.850. The molecule has 0 aromatic rings. The van der Waals surface area contributed by atoms with Gasteiger partial charge < -0.3 is 25.3 Å². The summed E-state index contributed by atoms with van der Waals surface area (Å²) in [4.78, 5) is 12.3. The van der Waals surface area contributed by atoms with E-state index in [-0.39, 0.29) is 0 Å². The second-order valence-corrected chi connectivity index (χ2v) is 7.44. The molecule has 2 fully saturated rings. The number of piperazine rings is 1. The molecule has 0 amide bonds. The number of nitrogens with zero attached hydrogens (tertiary/aromatic N) is 4. The summed E-state index contributed by atoms with van der Waals surface area (Å²) in [5.74, 6) is 0.985. The first-order valence-corrected chi connectivity index (χ1v) is 10.4. The van der Waals surface area contributed by atoms with Crippen LogP contribution >= 0.6 is 0 Å². The molecular weight excluding hydrogens is 312 g/mol. The van der Waals surface area contributed by atoms with Gasteiger partial charge in [-0.2, -0.15) is 0 Å². The molecule has 2 rings (SSSR count). The Kier molecular flexibility index (Phi) is 10.2. The highest BCUT2D eigenvalue weighted by molar-refractivity contribution is 5.79. The molecule has 0 aliphatic carbocycles. The molecule has 6 nitrogen and oxygen atoms in total.